The number of amides is 2. The lowest BCUT2D eigenvalue weighted by molar-refractivity contribution is 0.0847. The first-order valence-corrected chi connectivity index (χ1v) is 12.4. The Labute approximate surface area is 195 Å². The molecule has 3 aromatic rings. The van der Waals surface area contributed by atoms with Gasteiger partial charge < -0.3 is 0 Å². The van der Waals surface area contributed by atoms with Gasteiger partial charge in [-0.3, -0.25) is 34.8 Å². The zero-order valence-corrected chi connectivity index (χ0v) is 19.9. The number of hydrazine groups is 1. The highest BCUT2D eigenvalue weighted by Crippen LogP contribution is 2.20. The van der Waals surface area contributed by atoms with Crippen LogP contribution >= 0.6 is 0 Å². The van der Waals surface area contributed by atoms with E-state index in [9.17, 15) is 27.6 Å². The summed E-state index contributed by atoms with van der Waals surface area (Å²) in [6, 6.07) is 6.63. The lowest BCUT2D eigenvalue weighted by Gasteiger charge is -2.15. The van der Waals surface area contributed by atoms with Crippen LogP contribution in [-0.2, 0) is 16.4 Å². The predicted octanol–water partition coefficient (Wildman–Crippen LogP) is 1.10. The standard InChI is InChI=1S/C22H25N5O6S/c1-5-10-27-18-17(21(30)24-22(27)31)15(11-16(23-18)12(2)3)20(29)26-25-19(28)13-6-8-14(9-7-13)34(4,32)33/h6-9,11-12H,5,10H2,1-4H3,(H,25,28)(H,26,29)(H,24,30,31). The van der Waals surface area contributed by atoms with E-state index in [1.165, 1.54) is 34.9 Å². The number of nitrogens with zero attached hydrogens (tertiary/aromatic N) is 2. The van der Waals surface area contributed by atoms with Gasteiger partial charge in [-0.1, -0.05) is 20.8 Å². The Morgan fingerprint density at radius 3 is 2.26 bits per heavy atom. The molecule has 3 N–H and O–H groups in total. The molecule has 34 heavy (non-hydrogen) atoms. The van der Waals surface area contributed by atoms with E-state index in [1.54, 1.807) is 0 Å². The van der Waals surface area contributed by atoms with Crippen molar-refractivity contribution in [2.75, 3.05) is 6.26 Å². The van der Waals surface area contributed by atoms with Gasteiger partial charge in [-0.05, 0) is 42.7 Å². The Kier molecular flexibility index (Phi) is 7.01. The van der Waals surface area contributed by atoms with E-state index < -0.39 is 32.9 Å². The number of benzene rings is 1. The first-order chi connectivity index (χ1) is 15.9. The number of pyridine rings is 1. The maximum atomic E-state index is 13.0. The molecule has 0 atom stereocenters. The number of nitrogens with one attached hydrogen (secondary N) is 3. The number of carbonyl (C=O) groups excluding carboxylic acids is 2. The van der Waals surface area contributed by atoms with Gasteiger partial charge in [0.15, 0.2) is 15.5 Å². The zero-order chi connectivity index (χ0) is 25.2. The molecule has 1 aromatic carbocycles. The number of hydrogen-bond acceptors (Lipinski definition) is 7. The van der Waals surface area contributed by atoms with Crippen LogP contribution in [-0.4, -0.2) is 41.0 Å². The summed E-state index contributed by atoms with van der Waals surface area (Å²) in [5, 5.41) is -0.0679. The molecule has 12 heteroatoms. The third kappa shape index (κ3) is 5.06. The fraction of sp³-hybridized carbons (Fsp3) is 0.318. The average molecular weight is 488 g/mol. The Morgan fingerprint density at radius 2 is 1.71 bits per heavy atom. The third-order valence-corrected chi connectivity index (χ3v) is 6.21. The van der Waals surface area contributed by atoms with Crippen molar-refractivity contribution >= 4 is 32.7 Å². The molecule has 2 amide bonds. The van der Waals surface area contributed by atoms with Crippen LogP contribution in [0.1, 0.15) is 59.5 Å². The Bertz CT molecular complexity index is 1490. The first-order valence-electron chi connectivity index (χ1n) is 10.5. The van der Waals surface area contributed by atoms with Crippen molar-refractivity contribution in [2.45, 2.75) is 44.6 Å². The van der Waals surface area contributed by atoms with Crippen molar-refractivity contribution < 1.29 is 18.0 Å². The second-order valence-corrected chi connectivity index (χ2v) is 10.1. The molecule has 0 unspecified atom stereocenters. The monoisotopic (exact) mass is 487 g/mol. The molecular formula is C22H25N5O6S. The van der Waals surface area contributed by atoms with Crippen LogP contribution in [0.4, 0.5) is 0 Å². The Morgan fingerprint density at radius 1 is 1.09 bits per heavy atom. The summed E-state index contributed by atoms with van der Waals surface area (Å²) in [5.41, 5.74) is 3.79. The van der Waals surface area contributed by atoms with Gasteiger partial charge in [0.1, 0.15) is 0 Å². The molecule has 0 fully saturated rings. The van der Waals surface area contributed by atoms with Gasteiger partial charge in [0.25, 0.3) is 17.4 Å². The number of aromatic nitrogens is 3. The molecule has 2 heterocycles. The third-order valence-electron chi connectivity index (χ3n) is 5.09. The van der Waals surface area contributed by atoms with Crippen LogP contribution < -0.4 is 22.1 Å². The smallest absolute Gasteiger partial charge is 0.278 e. The topological polar surface area (TPSA) is 160 Å². The van der Waals surface area contributed by atoms with Crippen molar-refractivity contribution in [3.63, 3.8) is 0 Å². The van der Waals surface area contributed by atoms with E-state index >= 15 is 0 Å². The van der Waals surface area contributed by atoms with Gasteiger partial charge in [-0.15, -0.1) is 0 Å². The molecule has 0 aliphatic carbocycles. The molecule has 0 aliphatic heterocycles. The SMILES string of the molecule is CCCn1c(=O)[nH]c(=O)c2c(C(=O)NNC(=O)c3ccc(S(C)(=O)=O)cc3)cc(C(C)C)nc21. The van der Waals surface area contributed by atoms with Gasteiger partial charge in [-0.2, -0.15) is 0 Å². The van der Waals surface area contributed by atoms with Gasteiger partial charge >= 0.3 is 5.69 Å². The fourth-order valence-corrected chi connectivity index (χ4v) is 3.94. The first kappa shape index (κ1) is 24.8. The second-order valence-electron chi connectivity index (χ2n) is 8.06. The van der Waals surface area contributed by atoms with E-state index in [0.29, 0.717) is 18.7 Å². The van der Waals surface area contributed by atoms with E-state index in [0.717, 1.165) is 6.26 Å². The summed E-state index contributed by atoms with van der Waals surface area (Å²) >= 11 is 0. The quantitative estimate of drug-likeness (QED) is 0.439. The molecule has 0 aliphatic rings. The van der Waals surface area contributed by atoms with Crippen molar-refractivity contribution in [3.8, 4) is 0 Å². The van der Waals surface area contributed by atoms with Crippen LogP contribution in [0.5, 0.6) is 0 Å². The summed E-state index contributed by atoms with van der Waals surface area (Å²) in [4.78, 5) is 57.1. The van der Waals surface area contributed by atoms with Crippen LogP contribution in [0.25, 0.3) is 11.0 Å². The van der Waals surface area contributed by atoms with Crippen molar-refractivity contribution in [1.82, 2.24) is 25.4 Å². The largest absolute Gasteiger partial charge is 0.329 e. The van der Waals surface area contributed by atoms with Gasteiger partial charge in [-0.25, -0.2) is 18.2 Å². The highest BCUT2D eigenvalue weighted by atomic mass is 32.2. The molecular weight excluding hydrogens is 462 g/mol. The Hall–Kier alpha value is -3.80. The summed E-state index contributed by atoms with van der Waals surface area (Å²) in [7, 11) is -3.42. The van der Waals surface area contributed by atoms with Crippen molar-refractivity contribution in [3.05, 3.63) is 68.0 Å². The summed E-state index contributed by atoms with van der Waals surface area (Å²) < 4.78 is 24.4. The molecule has 0 radical (unpaired) electrons. The minimum Gasteiger partial charge on any atom is -0.278 e. The molecule has 180 valence electrons. The summed E-state index contributed by atoms with van der Waals surface area (Å²) in [6.07, 6.45) is 1.65. The minimum absolute atomic E-state index is 0.0486. The highest BCUT2D eigenvalue weighted by molar-refractivity contribution is 7.90. The van der Waals surface area contributed by atoms with E-state index in [-0.39, 0.29) is 33.0 Å². The molecule has 3 rings (SSSR count). The molecule has 0 bridgehead atoms. The summed E-state index contributed by atoms with van der Waals surface area (Å²) in [6.45, 7) is 5.86. The average Bonchev–Trinajstić information content (AvgIpc) is 2.78. The summed E-state index contributed by atoms with van der Waals surface area (Å²) in [5.74, 6) is -1.57. The zero-order valence-electron chi connectivity index (χ0n) is 19.1. The number of aromatic amines is 1. The van der Waals surface area contributed by atoms with Gasteiger partial charge in [0.2, 0.25) is 0 Å². The molecule has 11 nitrogen and oxygen atoms in total. The number of aryl methyl sites for hydroxylation is 1. The number of rotatable bonds is 6. The van der Waals surface area contributed by atoms with Gasteiger partial charge in [0, 0.05) is 24.1 Å². The van der Waals surface area contributed by atoms with Crippen LogP contribution in [0, 0.1) is 0 Å². The molecule has 0 saturated heterocycles. The minimum atomic E-state index is -3.42. The van der Waals surface area contributed by atoms with Crippen LogP contribution in [0.3, 0.4) is 0 Å². The van der Waals surface area contributed by atoms with E-state index in [1.807, 2.05) is 20.8 Å². The van der Waals surface area contributed by atoms with Crippen LogP contribution in [0.2, 0.25) is 0 Å². The Balaban J connectivity index is 1.97. The number of sulfone groups is 1. The normalized spacial score (nSPS) is 11.6. The van der Waals surface area contributed by atoms with Crippen molar-refractivity contribution in [2.24, 2.45) is 0 Å². The van der Waals surface area contributed by atoms with Crippen molar-refractivity contribution in [1.29, 1.82) is 0 Å². The number of carbonyl (C=O) groups is 2. The maximum Gasteiger partial charge on any atom is 0.329 e. The fourth-order valence-electron chi connectivity index (χ4n) is 3.31. The number of hydrogen-bond donors (Lipinski definition) is 3. The second kappa shape index (κ2) is 9.59. The lowest BCUT2D eigenvalue weighted by atomic mass is 10.0. The molecule has 2 aromatic heterocycles. The van der Waals surface area contributed by atoms with Crippen LogP contribution in [0.15, 0.2) is 44.8 Å². The van der Waals surface area contributed by atoms with Gasteiger partial charge in [0.05, 0.1) is 15.8 Å². The van der Waals surface area contributed by atoms with E-state index in [2.05, 4.69) is 20.8 Å². The highest BCUT2D eigenvalue weighted by Gasteiger charge is 2.21. The van der Waals surface area contributed by atoms with E-state index in [4.69, 9.17) is 0 Å². The predicted molar refractivity (Wildman–Crippen MR) is 125 cm³/mol. The number of H-pyrrole nitrogens is 1. The number of fused-ring (bicyclic) bond motifs is 1. The molecule has 0 saturated carbocycles. The lowest BCUT2D eigenvalue weighted by Crippen LogP contribution is -2.42. The maximum absolute atomic E-state index is 13.0. The molecule has 0 spiro atoms.